The summed E-state index contributed by atoms with van der Waals surface area (Å²) in [6, 6.07) is 0. The summed E-state index contributed by atoms with van der Waals surface area (Å²) >= 11 is 0. The van der Waals surface area contributed by atoms with E-state index in [0.717, 1.165) is 0 Å². The Hall–Kier alpha value is -0.430. The fourth-order valence-corrected chi connectivity index (χ4v) is 0.280. The van der Waals surface area contributed by atoms with Crippen LogP contribution in [-0.4, -0.2) is 35.0 Å². The fraction of sp³-hybridized carbons (Fsp3) is 1.00. The first-order valence-corrected chi connectivity index (χ1v) is 2.44. The van der Waals surface area contributed by atoms with E-state index < -0.39 is 24.8 Å². The SMILES string of the molecule is OCC(F)(F)C(F)(F)C(O)F. The minimum Gasteiger partial charge on any atom is -0.390 e. The lowest BCUT2D eigenvalue weighted by molar-refractivity contribution is -0.291. The molecule has 1 unspecified atom stereocenters. The van der Waals surface area contributed by atoms with Gasteiger partial charge in [0.15, 0.2) is 0 Å². The summed E-state index contributed by atoms with van der Waals surface area (Å²) in [5.74, 6) is -10.2. The summed E-state index contributed by atoms with van der Waals surface area (Å²) in [4.78, 5) is 0. The smallest absolute Gasteiger partial charge is 0.366 e. The van der Waals surface area contributed by atoms with Gasteiger partial charge in [0.05, 0.1) is 0 Å². The largest absolute Gasteiger partial charge is 0.390 e. The molecule has 0 aromatic carbocycles. The molecule has 0 aliphatic carbocycles. The third kappa shape index (κ3) is 1.78. The van der Waals surface area contributed by atoms with Gasteiger partial charge in [-0.25, -0.2) is 4.39 Å². The van der Waals surface area contributed by atoms with Crippen molar-refractivity contribution in [3.05, 3.63) is 0 Å². The highest BCUT2D eigenvalue weighted by Crippen LogP contribution is 2.36. The van der Waals surface area contributed by atoms with Crippen molar-refractivity contribution in [2.75, 3.05) is 6.61 Å². The predicted molar refractivity (Wildman–Crippen MR) is 24.1 cm³/mol. The normalized spacial score (nSPS) is 16.6. The van der Waals surface area contributed by atoms with Gasteiger partial charge >= 0.3 is 11.8 Å². The molecule has 0 saturated heterocycles. The predicted octanol–water partition coefficient (Wildman–Crippen LogP) is 0.537. The van der Waals surface area contributed by atoms with Crippen LogP contribution in [0, 0.1) is 0 Å². The minimum absolute atomic E-state index is 2.22. The molecule has 0 rings (SSSR count). The van der Waals surface area contributed by atoms with Gasteiger partial charge in [0.1, 0.15) is 6.61 Å². The van der Waals surface area contributed by atoms with Crippen molar-refractivity contribution in [3.63, 3.8) is 0 Å². The second-order valence-electron chi connectivity index (χ2n) is 1.82. The zero-order valence-electron chi connectivity index (χ0n) is 5.07. The van der Waals surface area contributed by atoms with Crippen LogP contribution in [0.3, 0.4) is 0 Å². The highest BCUT2D eigenvalue weighted by Gasteiger charge is 2.61. The summed E-state index contributed by atoms with van der Waals surface area (Å²) in [6.07, 6.45) is -3.98. The van der Waals surface area contributed by atoms with E-state index in [2.05, 4.69) is 0 Å². The molecule has 0 spiro atoms. The lowest BCUT2D eigenvalue weighted by atomic mass is 10.2. The number of hydrogen-bond donors (Lipinski definition) is 2. The van der Waals surface area contributed by atoms with Crippen LogP contribution in [-0.2, 0) is 0 Å². The van der Waals surface area contributed by atoms with Gasteiger partial charge in [-0.1, -0.05) is 0 Å². The third-order valence-electron chi connectivity index (χ3n) is 0.985. The van der Waals surface area contributed by atoms with Crippen molar-refractivity contribution in [2.45, 2.75) is 18.2 Å². The summed E-state index contributed by atoms with van der Waals surface area (Å²) < 4.78 is 58.5. The molecule has 0 heterocycles. The average molecular weight is 180 g/mol. The highest BCUT2D eigenvalue weighted by molar-refractivity contribution is 4.85. The van der Waals surface area contributed by atoms with E-state index in [0.29, 0.717) is 0 Å². The Balaban J connectivity index is 4.53. The molecular weight excluding hydrogens is 175 g/mol. The molecule has 0 aliphatic heterocycles. The Kier molecular flexibility index (Phi) is 2.79. The van der Waals surface area contributed by atoms with Gasteiger partial charge in [-0.05, 0) is 0 Å². The van der Waals surface area contributed by atoms with Crippen LogP contribution >= 0.6 is 0 Å². The van der Waals surface area contributed by atoms with Crippen molar-refractivity contribution in [2.24, 2.45) is 0 Å². The molecule has 0 fully saturated rings. The van der Waals surface area contributed by atoms with Gasteiger partial charge in [-0.2, -0.15) is 17.6 Å². The quantitative estimate of drug-likeness (QED) is 0.622. The molecular formula is C4H5F5O2. The van der Waals surface area contributed by atoms with Gasteiger partial charge in [0, 0.05) is 0 Å². The van der Waals surface area contributed by atoms with E-state index >= 15 is 0 Å². The van der Waals surface area contributed by atoms with E-state index in [1.807, 2.05) is 0 Å². The zero-order valence-corrected chi connectivity index (χ0v) is 5.07. The van der Waals surface area contributed by atoms with Crippen LogP contribution < -0.4 is 0 Å². The second kappa shape index (κ2) is 2.90. The topological polar surface area (TPSA) is 40.5 Å². The lowest BCUT2D eigenvalue weighted by Gasteiger charge is -2.24. The number of aliphatic hydroxyl groups is 2. The highest BCUT2D eigenvalue weighted by atomic mass is 19.3. The Morgan fingerprint density at radius 2 is 1.55 bits per heavy atom. The van der Waals surface area contributed by atoms with E-state index in [-0.39, 0.29) is 0 Å². The molecule has 7 heteroatoms. The molecule has 0 saturated carbocycles. The van der Waals surface area contributed by atoms with E-state index in [1.165, 1.54) is 0 Å². The number of aliphatic hydroxyl groups excluding tert-OH is 2. The maximum absolute atomic E-state index is 11.8. The molecule has 0 bridgehead atoms. The van der Waals surface area contributed by atoms with E-state index in [4.69, 9.17) is 10.2 Å². The molecule has 2 nitrogen and oxygen atoms in total. The third-order valence-corrected chi connectivity index (χ3v) is 0.985. The Bertz CT molecular complexity index is 134. The van der Waals surface area contributed by atoms with Gasteiger partial charge in [-0.3, -0.25) is 0 Å². The maximum Gasteiger partial charge on any atom is 0.366 e. The van der Waals surface area contributed by atoms with Crippen LogP contribution in [0.5, 0.6) is 0 Å². The summed E-state index contributed by atoms with van der Waals surface area (Å²) in [5.41, 5.74) is 0. The Morgan fingerprint density at radius 3 is 1.64 bits per heavy atom. The molecule has 0 radical (unpaired) electrons. The van der Waals surface area contributed by atoms with Gasteiger partial charge in [0.25, 0.3) is 6.36 Å². The fourth-order valence-electron chi connectivity index (χ4n) is 0.280. The monoisotopic (exact) mass is 180 g/mol. The Labute approximate surface area is 58.3 Å². The standard InChI is InChI=1S/C4H5F5O2/c5-2(11)4(8,9)3(6,7)1-10/h2,10-11H,1H2. The number of halogens is 5. The number of alkyl halides is 5. The van der Waals surface area contributed by atoms with Crippen LogP contribution in [0.4, 0.5) is 22.0 Å². The molecule has 68 valence electrons. The summed E-state index contributed by atoms with van der Waals surface area (Å²) in [6.45, 7) is -2.22. The van der Waals surface area contributed by atoms with E-state index in [1.54, 1.807) is 0 Å². The van der Waals surface area contributed by atoms with E-state index in [9.17, 15) is 22.0 Å². The molecule has 0 aromatic heterocycles. The van der Waals surface area contributed by atoms with Gasteiger partial charge in [-0.15, -0.1) is 0 Å². The lowest BCUT2D eigenvalue weighted by Crippen LogP contribution is -2.50. The summed E-state index contributed by atoms with van der Waals surface area (Å²) in [5, 5.41) is 15.2. The summed E-state index contributed by atoms with van der Waals surface area (Å²) in [7, 11) is 0. The van der Waals surface area contributed by atoms with Crippen molar-refractivity contribution >= 4 is 0 Å². The van der Waals surface area contributed by atoms with Crippen LogP contribution in [0.1, 0.15) is 0 Å². The van der Waals surface area contributed by atoms with Gasteiger partial charge in [0.2, 0.25) is 0 Å². The van der Waals surface area contributed by atoms with Crippen molar-refractivity contribution in [3.8, 4) is 0 Å². The van der Waals surface area contributed by atoms with Crippen LogP contribution in [0.25, 0.3) is 0 Å². The van der Waals surface area contributed by atoms with Gasteiger partial charge < -0.3 is 10.2 Å². The van der Waals surface area contributed by atoms with Crippen molar-refractivity contribution in [1.82, 2.24) is 0 Å². The number of rotatable bonds is 3. The maximum atomic E-state index is 11.8. The minimum atomic E-state index is -5.25. The molecule has 2 N–H and O–H groups in total. The van der Waals surface area contributed by atoms with Crippen LogP contribution in [0.15, 0.2) is 0 Å². The first-order chi connectivity index (χ1) is 4.75. The molecule has 0 amide bonds. The van der Waals surface area contributed by atoms with Crippen molar-refractivity contribution in [1.29, 1.82) is 0 Å². The molecule has 0 aromatic rings. The van der Waals surface area contributed by atoms with Crippen molar-refractivity contribution < 1.29 is 32.2 Å². The average Bonchev–Trinajstić information content (AvgIpc) is 1.87. The first-order valence-electron chi connectivity index (χ1n) is 2.44. The first kappa shape index (κ1) is 10.6. The van der Waals surface area contributed by atoms with Crippen LogP contribution in [0.2, 0.25) is 0 Å². The molecule has 1 atom stereocenters. The Morgan fingerprint density at radius 1 is 1.18 bits per heavy atom. The number of hydrogen-bond acceptors (Lipinski definition) is 2. The zero-order chi connectivity index (χ0) is 9.28. The molecule has 11 heavy (non-hydrogen) atoms. The molecule has 0 aliphatic rings. The second-order valence-corrected chi connectivity index (χ2v) is 1.82.